The van der Waals surface area contributed by atoms with Crippen LogP contribution in [0.25, 0.3) is 100.0 Å². The molecule has 3 nitrogen and oxygen atoms in total. The number of hydrogen-bond donors (Lipinski definition) is 0. The van der Waals surface area contributed by atoms with Crippen molar-refractivity contribution in [1.29, 1.82) is 0 Å². The normalized spacial score (nSPS) is 11.4. The van der Waals surface area contributed by atoms with Gasteiger partial charge in [0.25, 0.3) is 0 Å². The number of aromatic nitrogens is 2. The minimum atomic E-state index is 0.678. The quantitative estimate of drug-likeness (QED) is 0.176. The Kier molecular flexibility index (Phi) is 7.47. The second-order valence-corrected chi connectivity index (χ2v) is 13.3. The summed E-state index contributed by atoms with van der Waals surface area (Å²) in [5.74, 6) is 0.678. The van der Waals surface area contributed by atoms with E-state index in [0.29, 0.717) is 5.82 Å². The van der Waals surface area contributed by atoms with Crippen LogP contribution in [0.2, 0.25) is 0 Å². The van der Waals surface area contributed by atoms with Gasteiger partial charge in [-0.15, -0.1) is 0 Å². The SMILES string of the molecule is c1ccc(-c2nc(-c3cc(-c4cccc5ccccc45)cc(-c4cccc5c4oc4ccccc45)c3)cc(-c3ccccc3-c3ccccc3)n2)cc1. The Balaban J connectivity index is 1.25. The smallest absolute Gasteiger partial charge is 0.160 e. The summed E-state index contributed by atoms with van der Waals surface area (Å²) in [5.41, 5.74) is 13.1. The molecule has 0 saturated heterocycles. The molecule has 0 aliphatic rings. The Morgan fingerprint density at radius 2 is 0.868 bits per heavy atom. The van der Waals surface area contributed by atoms with E-state index in [1.54, 1.807) is 0 Å². The number of fused-ring (bicyclic) bond motifs is 4. The summed E-state index contributed by atoms with van der Waals surface area (Å²) in [5, 5.41) is 4.61. The van der Waals surface area contributed by atoms with Gasteiger partial charge in [0.15, 0.2) is 5.82 Å². The highest BCUT2D eigenvalue weighted by molar-refractivity contribution is 6.10. The van der Waals surface area contributed by atoms with Crippen LogP contribution in [0.1, 0.15) is 0 Å². The lowest BCUT2D eigenvalue weighted by Gasteiger charge is -2.15. The van der Waals surface area contributed by atoms with Gasteiger partial charge in [-0.25, -0.2) is 9.97 Å². The molecule has 3 heteroatoms. The molecule has 2 aromatic heterocycles. The number of nitrogens with zero attached hydrogens (tertiary/aromatic N) is 2. The van der Waals surface area contributed by atoms with Gasteiger partial charge >= 0.3 is 0 Å². The maximum atomic E-state index is 6.58. The largest absolute Gasteiger partial charge is 0.455 e. The van der Waals surface area contributed by atoms with E-state index in [4.69, 9.17) is 14.4 Å². The maximum absolute atomic E-state index is 6.58. The van der Waals surface area contributed by atoms with Crippen molar-refractivity contribution in [3.8, 4) is 67.3 Å². The zero-order valence-electron chi connectivity index (χ0n) is 28.8. The summed E-state index contributed by atoms with van der Waals surface area (Å²) in [4.78, 5) is 10.5. The van der Waals surface area contributed by atoms with Crippen LogP contribution in [0.4, 0.5) is 0 Å². The van der Waals surface area contributed by atoms with Crippen molar-refractivity contribution in [3.05, 3.63) is 194 Å². The molecule has 0 fully saturated rings. The van der Waals surface area contributed by atoms with E-state index in [1.807, 2.05) is 30.3 Å². The average molecular weight is 677 g/mol. The van der Waals surface area contributed by atoms with Crippen LogP contribution in [0.5, 0.6) is 0 Å². The van der Waals surface area contributed by atoms with Gasteiger partial charge in [0.05, 0.1) is 11.4 Å². The summed E-state index contributed by atoms with van der Waals surface area (Å²) < 4.78 is 6.58. The second-order valence-electron chi connectivity index (χ2n) is 13.3. The molecule has 8 aromatic carbocycles. The van der Waals surface area contributed by atoms with Crippen molar-refractivity contribution in [2.45, 2.75) is 0 Å². The summed E-state index contributed by atoms with van der Waals surface area (Å²) in [6.07, 6.45) is 0. The number of hydrogen-bond acceptors (Lipinski definition) is 3. The molecule has 248 valence electrons. The molecule has 0 atom stereocenters. The molecular weight excluding hydrogens is 645 g/mol. The van der Waals surface area contributed by atoms with Crippen molar-refractivity contribution in [2.75, 3.05) is 0 Å². The molecule has 0 amide bonds. The minimum Gasteiger partial charge on any atom is -0.455 e. The first-order valence-electron chi connectivity index (χ1n) is 17.9. The van der Waals surface area contributed by atoms with Crippen molar-refractivity contribution in [1.82, 2.24) is 9.97 Å². The topological polar surface area (TPSA) is 38.9 Å². The third-order valence-corrected chi connectivity index (χ3v) is 10.1. The van der Waals surface area contributed by atoms with Crippen LogP contribution in [-0.2, 0) is 0 Å². The molecule has 2 heterocycles. The Morgan fingerprint density at radius 3 is 1.70 bits per heavy atom. The van der Waals surface area contributed by atoms with Gasteiger partial charge in [-0.1, -0.05) is 164 Å². The zero-order chi connectivity index (χ0) is 35.1. The second kappa shape index (κ2) is 12.9. The van der Waals surface area contributed by atoms with E-state index in [0.717, 1.165) is 83.4 Å². The van der Waals surface area contributed by atoms with Crippen LogP contribution in [0.15, 0.2) is 199 Å². The fraction of sp³-hybridized carbons (Fsp3) is 0. The fourth-order valence-electron chi connectivity index (χ4n) is 7.56. The van der Waals surface area contributed by atoms with E-state index in [2.05, 4.69) is 164 Å². The third-order valence-electron chi connectivity index (χ3n) is 10.1. The van der Waals surface area contributed by atoms with Gasteiger partial charge in [0.2, 0.25) is 0 Å². The Bertz CT molecular complexity index is 2940. The highest BCUT2D eigenvalue weighted by Crippen LogP contribution is 2.41. The molecule has 0 spiro atoms. The van der Waals surface area contributed by atoms with Crippen molar-refractivity contribution in [2.24, 2.45) is 0 Å². The Morgan fingerprint density at radius 1 is 0.321 bits per heavy atom. The summed E-state index contributed by atoms with van der Waals surface area (Å²) in [6, 6.07) is 68.0. The third kappa shape index (κ3) is 5.56. The average Bonchev–Trinajstić information content (AvgIpc) is 3.63. The van der Waals surface area contributed by atoms with Crippen LogP contribution in [0.3, 0.4) is 0 Å². The summed E-state index contributed by atoms with van der Waals surface area (Å²) in [6.45, 7) is 0. The summed E-state index contributed by atoms with van der Waals surface area (Å²) >= 11 is 0. The molecule has 0 saturated carbocycles. The first kappa shape index (κ1) is 30.7. The first-order valence-corrected chi connectivity index (χ1v) is 17.9. The van der Waals surface area contributed by atoms with E-state index in [9.17, 15) is 0 Å². The van der Waals surface area contributed by atoms with Crippen molar-refractivity contribution >= 4 is 32.7 Å². The lowest BCUT2D eigenvalue weighted by molar-refractivity contribution is 0.670. The predicted molar refractivity (Wildman–Crippen MR) is 219 cm³/mol. The molecule has 0 aliphatic carbocycles. The molecule has 53 heavy (non-hydrogen) atoms. The molecule has 0 bridgehead atoms. The van der Waals surface area contributed by atoms with Gasteiger partial charge in [-0.05, 0) is 68.9 Å². The van der Waals surface area contributed by atoms with E-state index < -0.39 is 0 Å². The van der Waals surface area contributed by atoms with Crippen LogP contribution < -0.4 is 0 Å². The standard InChI is InChI=1S/C50H32N2O/c1-3-15-33(16-4-1)40-22-9-10-23-43(40)47-32-46(51-50(52-47)35-18-5-2-6-19-35)38-30-36(41-25-13-20-34-17-7-8-21-39(34)41)29-37(31-38)42-26-14-27-45-44-24-11-12-28-48(44)53-49(42)45/h1-32H. The lowest BCUT2D eigenvalue weighted by Crippen LogP contribution is -1.97. The van der Waals surface area contributed by atoms with Gasteiger partial charge in [-0.3, -0.25) is 0 Å². The van der Waals surface area contributed by atoms with Gasteiger partial charge in [0.1, 0.15) is 11.2 Å². The first-order chi connectivity index (χ1) is 26.3. The number of para-hydroxylation sites is 2. The van der Waals surface area contributed by atoms with Crippen molar-refractivity contribution < 1.29 is 4.42 Å². The number of rotatable bonds is 6. The highest BCUT2D eigenvalue weighted by atomic mass is 16.3. The molecule has 0 unspecified atom stereocenters. The van der Waals surface area contributed by atoms with Crippen LogP contribution in [-0.4, -0.2) is 9.97 Å². The Labute approximate surface area is 307 Å². The molecular formula is C50H32N2O. The zero-order valence-corrected chi connectivity index (χ0v) is 28.8. The molecule has 0 N–H and O–H groups in total. The molecule has 0 radical (unpaired) electrons. The maximum Gasteiger partial charge on any atom is 0.160 e. The Hall–Kier alpha value is -7.10. The van der Waals surface area contributed by atoms with Gasteiger partial charge < -0.3 is 4.42 Å². The van der Waals surface area contributed by atoms with Crippen molar-refractivity contribution in [3.63, 3.8) is 0 Å². The monoisotopic (exact) mass is 676 g/mol. The summed E-state index contributed by atoms with van der Waals surface area (Å²) in [7, 11) is 0. The van der Waals surface area contributed by atoms with E-state index in [-0.39, 0.29) is 0 Å². The molecule has 10 rings (SSSR count). The predicted octanol–water partition coefficient (Wildman–Crippen LogP) is 13.5. The van der Waals surface area contributed by atoms with E-state index >= 15 is 0 Å². The van der Waals surface area contributed by atoms with Crippen LogP contribution in [0, 0.1) is 0 Å². The van der Waals surface area contributed by atoms with E-state index in [1.165, 1.54) is 10.8 Å². The number of benzene rings is 8. The number of furan rings is 1. The molecule has 0 aliphatic heterocycles. The lowest BCUT2D eigenvalue weighted by atomic mass is 9.91. The minimum absolute atomic E-state index is 0.678. The van der Waals surface area contributed by atoms with Crippen LogP contribution >= 0.6 is 0 Å². The fourth-order valence-corrected chi connectivity index (χ4v) is 7.56. The van der Waals surface area contributed by atoms with Gasteiger partial charge in [-0.2, -0.15) is 0 Å². The van der Waals surface area contributed by atoms with Gasteiger partial charge in [0, 0.05) is 33.0 Å². The highest BCUT2D eigenvalue weighted by Gasteiger charge is 2.18. The molecule has 10 aromatic rings.